The highest BCUT2D eigenvalue weighted by atomic mass is 32.2. The Bertz CT molecular complexity index is 992. The largest absolute Gasteiger partial charge is 0.456 e. The van der Waals surface area contributed by atoms with Gasteiger partial charge >= 0.3 is 5.97 Å². The number of rotatable bonds is 8. The smallest absolute Gasteiger partial charge is 0.306 e. The fourth-order valence-corrected chi connectivity index (χ4v) is 3.12. The number of carbonyl (C=O) groups is 2. The summed E-state index contributed by atoms with van der Waals surface area (Å²) in [6, 6.07) is 16.5. The Kier molecular flexibility index (Phi) is 6.65. The number of nitrogens with one attached hydrogen (secondary N) is 1. The van der Waals surface area contributed by atoms with E-state index in [1.165, 1.54) is 11.8 Å². The number of hydrogen-bond acceptors (Lipinski definition) is 7. The topological polar surface area (TPSA) is 105 Å². The molecule has 3 rings (SSSR count). The van der Waals surface area contributed by atoms with Gasteiger partial charge in [0.05, 0.1) is 23.9 Å². The van der Waals surface area contributed by atoms with Crippen molar-refractivity contribution in [1.82, 2.24) is 4.98 Å². The predicted molar refractivity (Wildman–Crippen MR) is 105 cm³/mol. The van der Waals surface area contributed by atoms with E-state index in [-0.39, 0.29) is 18.8 Å². The number of nitrogens with zero attached hydrogens (tertiary/aromatic N) is 2. The van der Waals surface area contributed by atoms with Crippen LogP contribution in [0.1, 0.15) is 12.3 Å². The number of aromatic nitrogens is 1. The Morgan fingerprint density at radius 2 is 1.96 bits per heavy atom. The van der Waals surface area contributed by atoms with Crippen molar-refractivity contribution in [2.45, 2.75) is 17.7 Å². The Hall–Kier alpha value is -3.31. The molecule has 1 aromatic heterocycles. The lowest BCUT2D eigenvalue weighted by Gasteiger charge is -2.10. The number of nitriles is 1. The molecule has 0 radical (unpaired) electrons. The molecule has 1 amide bonds. The number of oxazole rings is 1. The second-order valence-corrected chi connectivity index (χ2v) is 6.74. The number of ether oxygens (including phenoxy) is 1. The van der Waals surface area contributed by atoms with Gasteiger partial charge in [-0.3, -0.25) is 9.59 Å². The van der Waals surface area contributed by atoms with Gasteiger partial charge in [-0.15, -0.1) is 11.8 Å². The Balaban J connectivity index is 1.45. The number of esters is 1. The van der Waals surface area contributed by atoms with Gasteiger partial charge in [-0.25, -0.2) is 4.98 Å². The second-order valence-electron chi connectivity index (χ2n) is 5.73. The van der Waals surface area contributed by atoms with Crippen LogP contribution in [0.3, 0.4) is 0 Å². The third-order valence-corrected chi connectivity index (χ3v) is 4.64. The zero-order valence-electron chi connectivity index (χ0n) is 14.9. The van der Waals surface area contributed by atoms with Gasteiger partial charge in [0.2, 0.25) is 0 Å². The summed E-state index contributed by atoms with van der Waals surface area (Å²) in [4.78, 5) is 29.0. The molecule has 28 heavy (non-hydrogen) atoms. The first-order valence-corrected chi connectivity index (χ1v) is 9.53. The van der Waals surface area contributed by atoms with Crippen molar-refractivity contribution >= 4 is 40.4 Å². The van der Waals surface area contributed by atoms with Crippen LogP contribution in [-0.4, -0.2) is 29.2 Å². The first-order chi connectivity index (χ1) is 13.7. The lowest BCUT2D eigenvalue weighted by Crippen LogP contribution is -2.21. The van der Waals surface area contributed by atoms with Gasteiger partial charge < -0.3 is 14.5 Å². The molecule has 0 unspecified atom stereocenters. The zero-order chi connectivity index (χ0) is 19.8. The number of benzene rings is 2. The van der Waals surface area contributed by atoms with E-state index in [0.29, 0.717) is 23.6 Å². The minimum atomic E-state index is -0.510. The van der Waals surface area contributed by atoms with Crippen molar-refractivity contribution in [3.8, 4) is 6.07 Å². The first kappa shape index (κ1) is 19.5. The summed E-state index contributed by atoms with van der Waals surface area (Å²) in [7, 11) is 0. The van der Waals surface area contributed by atoms with Crippen LogP contribution >= 0.6 is 11.8 Å². The molecule has 2 aromatic carbocycles. The molecule has 0 atom stereocenters. The van der Waals surface area contributed by atoms with Gasteiger partial charge in [0, 0.05) is 11.3 Å². The van der Waals surface area contributed by atoms with Crippen molar-refractivity contribution in [2.24, 2.45) is 0 Å². The van der Waals surface area contributed by atoms with Crippen LogP contribution in [0, 0.1) is 11.3 Å². The van der Waals surface area contributed by atoms with E-state index in [2.05, 4.69) is 10.3 Å². The molecule has 0 aliphatic rings. The molecule has 0 spiro atoms. The molecule has 0 bridgehead atoms. The van der Waals surface area contributed by atoms with Crippen LogP contribution in [-0.2, 0) is 20.7 Å². The summed E-state index contributed by atoms with van der Waals surface area (Å²) < 4.78 is 10.6. The summed E-state index contributed by atoms with van der Waals surface area (Å²) >= 11 is 1.32. The molecule has 1 heterocycles. The number of fused-ring (bicyclic) bond motifs is 1. The average molecular weight is 395 g/mol. The summed E-state index contributed by atoms with van der Waals surface area (Å²) in [5.74, 6) is -0.228. The maximum absolute atomic E-state index is 12.0. The third-order valence-electron chi connectivity index (χ3n) is 3.70. The Morgan fingerprint density at radius 1 is 1.18 bits per heavy atom. The van der Waals surface area contributed by atoms with E-state index >= 15 is 0 Å². The molecule has 8 heteroatoms. The van der Waals surface area contributed by atoms with Crippen LogP contribution in [0.15, 0.2) is 57.8 Å². The van der Waals surface area contributed by atoms with Gasteiger partial charge in [0.1, 0.15) is 5.52 Å². The van der Waals surface area contributed by atoms with Crippen LogP contribution in [0.5, 0.6) is 0 Å². The summed E-state index contributed by atoms with van der Waals surface area (Å²) in [5.41, 5.74) is 1.98. The Morgan fingerprint density at radius 3 is 2.79 bits per heavy atom. The fraction of sp³-hybridized carbons (Fsp3) is 0.200. The average Bonchev–Trinajstić information content (AvgIpc) is 3.13. The van der Waals surface area contributed by atoms with Gasteiger partial charge in [0.25, 0.3) is 5.91 Å². The number of para-hydroxylation sites is 3. The minimum absolute atomic E-state index is 0.0642. The molecule has 142 valence electrons. The molecule has 0 fully saturated rings. The predicted octanol–water partition coefficient (Wildman–Crippen LogP) is 3.56. The molecule has 3 aromatic rings. The molecular weight excluding hydrogens is 378 g/mol. The molecule has 0 aliphatic carbocycles. The maximum atomic E-state index is 12.0. The van der Waals surface area contributed by atoms with Crippen molar-refractivity contribution in [3.63, 3.8) is 0 Å². The van der Waals surface area contributed by atoms with Gasteiger partial charge in [-0.1, -0.05) is 24.3 Å². The summed E-state index contributed by atoms with van der Waals surface area (Å²) in [6.45, 7) is -0.385. The van der Waals surface area contributed by atoms with Crippen molar-refractivity contribution < 1.29 is 18.7 Å². The third kappa shape index (κ3) is 5.34. The fourth-order valence-electron chi connectivity index (χ4n) is 2.45. The first-order valence-electron chi connectivity index (χ1n) is 8.54. The summed E-state index contributed by atoms with van der Waals surface area (Å²) in [6.07, 6.45) is 0.359. The molecule has 0 aliphatic heterocycles. The van der Waals surface area contributed by atoms with Crippen molar-refractivity contribution in [2.75, 3.05) is 17.7 Å². The summed E-state index contributed by atoms with van der Waals surface area (Å²) in [5, 5.41) is 11.4. The van der Waals surface area contributed by atoms with Gasteiger partial charge in [0.15, 0.2) is 18.1 Å². The van der Waals surface area contributed by atoms with Crippen molar-refractivity contribution in [1.29, 1.82) is 5.26 Å². The minimum Gasteiger partial charge on any atom is -0.456 e. The van der Waals surface area contributed by atoms with Gasteiger partial charge in [-0.05, 0) is 24.3 Å². The number of amides is 1. The van der Waals surface area contributed by atoms with E-state index in [4.69, 9.17) is 14.4 Å². The normalized spacial score (nSPS) is 10.4. The van der Waals surface area contributed by atoms with Crippen molar-refractivity contribution in [3.05, 3.63) is 54.4 Å². The van der Waals surface area contributed by atoms with Gasteiger partial charge in [-0.2, -0.15) is 5.26 Å². The van der Waals surface area contributed by atoms with Crippen LogP contribution < -0.4 is 5.32 Å². The van der Waals surface area contributed by atoms with E-state index in [1.54, 1.807) is 18.2 Å². The van der Waals surface area contributed by atoms with Crippen LogP contribution in [0.2, 0.25) is 0 Å². The molecule has 1 N–H and O–H groups in total. The highest BCUT2D eigenvalue weighted by Gasteiger charge is 2.12. The molecule has 7 nitrogen and oxygen atoms in total. The zero-order valence-corrected chi connectivity index (χ0v) is 15.7. The van der Waals surface area contributed by atoms with Crippen LogP contribution in [0.4, 0.5) is 5.69 Å². The number of anilines is 1. The monoisotopic (exact) mass is 395 g/mol. The lowest BCUT2D eigenvalue weighted by atomic mass is 10.3. The molecule has 0 saturated heterocycles. The highest BCUT2D eigenvalue weighted by Crippen LogP contribution is 2.26. The van der Waals surface area contributed by atoms with Crippen LogP contribution in [0.25, 0.3) is 11.1 Å². The molecule has 0 saturated carbocycles. The van der Waals surface area contributed by atoms with E-state index in [0.717, 1.165) is 10.4 Å². The number of carbonyl (C=O) groups excluding carboxylic acids is 2. The standard InChI is InChI=1S/C20H17N3O4S/c21-11-12-28-17-8-4-2-6-15(17)22-18(24)13-26-20(25)10-9-19-23-14-5-1-3-7-16(14)27-19/h1-8H,9-10,12-13H2,(H,22,24). The van der Waals surface area contributed by atoms with E-state index in [9.17, 15) is 9.59 Å². The highest BCUT2D eigenvalue weighted by molar-refractivity contribution is 7.99. The Labute approximate surface area is 165 Å². The SMILES string of the molecule is N#CCSc1ccccc1NC(=O)COC(=O)CCc1nc2ccccc2o1. The quantitative estimate of drug-likeness (QED) is 0.459. The molecular formula is C20H17N3O4S. The lowest BCUT2D eigenvalue weighted by molar-refractivity contribution is -0.147. The number of thioether (sulfide) groups is 1. The maximum Gasteiger partial charge on any atom is 0.306 e. The number of hydrogen-bond donors (Lipinski definition) is 1. The number of aryl methyl sites for hydroxylation is 1. The van der Waals surface area contributed by atoms with E-state index in [1.807, 2.05) is 36.4 Å². The van der Waals surface area contributed by atoms with E-state index < -0.39 is 11.9 Å². The second kappa shape index (κ2) is 9.58.